The third-order valence-electron chi connectivity index (χ3n) is 4.11. The van der Waals surface area contributed by atoms with Gasteiger partial charge in [-0.3, -0.25) is 0 Å². The Morgan fingerprint density at radius 2 is 2.25 bits per heavy atom. The monoisotopic (exact) mass is 397 g/mol. The van der Waals surface area contributed by atoms with Gasteiger partial charge in [0.15, 0.2) is 0 Å². The first-order chi connectivity index (χ1) is 9.78. The van der Waals surface area contributed by atoms with Crippen LogP contribution in [0.4, 0.5) is 0 Å². The zero-order valence-electron chi connectivity index (χ0n) is 11.7. The van der Waals surface area contributed by atoms with Crippen LogP contribution in [0.1, 0.15) is 48.4 Å². The first-order valence-corrected chi connectivity index (χ1v) is 9.29. The number of hydrogen-bond donors (Lipinski definition) is 1. The van der Waals surface area contributed by atoms with Crippen LogP contribution >= 0.6 is 33.9 Å². The minimum absolute atomic E-state index is 0.507. The van der Waals surface area contributed by atoms with Gasteiger partial charge in [0.05, 0.1) is 2.88 Å². The van der Waals surface area contributed by atoms with Gasteiger partial charge in [0.2, 0.25) is 0 Å². The second kappa shape index (κ2) is 6.58. The van der Waals surface area contributed by atoms with Gasteiger partial charge >= 0.3 is 0 Å². The number of hydrogen-bond acceptors (Lipinski definition) is 2. The van der Waals surface area contributed by atoms with Crippen molar-refractivity contribution in [1.82, 2.24) is 5.32 Å². The lowest BCUT2D eigenvalue weighted by Crippen LogP contribution is -2.27. The fraction of sp³-hybridized carbons (Fsp3) is 0.412. The molecule has 3 rings (SSSR count). The maximum atomic E-state index is 3.73. The van der Waals surface area contributed by atoms with Crippen molar-refractivity contribution >= 4 is 33.9 Å². The summed E-state index contributed by atoms with van der Waals surface area (Å²) >= 11 is 4.27. The van der Waals surface area contributed by atoms with Crippen molar-refractivity contribution < 1.29 is 0 Å². The van der Waals surface area contributed by atoms with E-state index in [0.29, 0.717) is 6.04 Å². The van der Waals surface area contributed by atoms with Crippen molar-refractivity contribution in [3.8, 4) is 0 Å². The van der Waals surface area contributed by atoms with Crippen molar-refractivity contribution in [2.75, 3.05) is 6.54 Å². The molecule has 1 aliphatic carbocycles. The number of fused-ring (bicyclic) bond motifs is 1. The first-order valence-electron chi connectivity index (χ1n) is 7.33. The Hall–Kier alpha value is -0.390. The number of rotatable bonds is 6. The van der Waals surface area contributed by atoms with Crippen molar-refractivity contribution in [1.29, 1.82) is 0 Å². The summed E-state index contributed by atoms with van der Waals surface area (Å²) < 4.78 is 1.38. The van der Waals surface area contributed by atoms with E-state index in [1.807, 2.05) is 11.3 Å². The number of halogens is 1. The molecule has 1 aromatic heterocycles. The Morgan fingerprint density at radius 3 is 2.95 bits per heavy atom. The van der Waals surface area contributed by atoms with E-state index in [1.54, 1.807) is 11.1 Å². The summed E-state index contributed by atoms with van der Waals surface area (Å²) in [5, 5.41) is 6.05. The Balaban J connectivity index is 1.71. The van der Waals surface area contributed by atoms with Crippen LogP contribution in [0, 0.1) is 2.88 Å². The first kappa shape index (κ1) is 14.5. The average molecular weight is 397 g/mol. The summed E-state index contributed by atoms with van der Waals surface area (Å²) in [5.41, 5.74) is 4.59. The molecule has 0 saturated carbocycles. The molecule has 1 heterocycles. The molecule has 2 aromatic rings. The molecule has 0 aliphatic heterocycles. The molecule has 0 fully saturated rings. The third-order valence-corrected chi connectivity index (χ3v) is 5.92. The zero-order valence-corrected chi connectivity index (χ0v) is 14.7. The zero-order chi connectivity index (χ0) is 13.9. The standard InChI is InChI=1S/C17H20INS/c1-2-7-19-16(14-10-17(18)20-11-14)9-13-8-12-5-3-4-6-15(12)13/h3-6,10-11,13,16,19H,2,7-9H2,1H3. The van der Waals surface area contributed by atoms with Crippen LogP contribution in [0.3, 0.4) is 0 Å². The van der Waals surface area contributed by atoms with Gasteiger partial charge in [0.1, 0.15) is 0 Å². The topological polar surface area (TPSA) is 12.0 Å². The Kier molecular flexibility index (Phi) is 4.79. The summed E-state index contributed by atoms with van der Waals surface area (Å²) in [4.78, 5) is 0. The van der Waals surface area contributed by atoms with Gasteiger partial charge in [-0.2, -0.15) is 0 Å². The summed E-state index contributed by atoms with van der Waals surface area (Å²) in [6.45, 7) is 3.34. The van der Waals surface area contributed by atoms with E-state index >= 15 is 0 Å². The van der Waals surface area contributed by atoms with E-state index in [0.717, 1.165) is 12.5 Å². The van der Waals surface area contributed by atoms with E-state index in [2.05, 4.69) is 70.5 Å². The second-order valence-corrected chi connectivity index (χ2v) is 8.33. The van der Waals surface area contributed by atoms with E-state index < -0.39 is 0 Å². The molecule has 2 unspecified atom stereocenters. The van der Waals surface area contributed by atoms with Crippen molar-refractivity contribution in [2.24, 2.45) is 0 Å². The van der Waals surface area contributed by atoms with Gasteiger partial charge in [0.25, 0.3) is 0 Å². The number of thiophene rings is 1. The SMILES string of the molecule is CCCNC(CC1Cc2ccccc21)c1csc(I)c1. The quantitative estimate of drug-likeness (QED) is 0.667. The van der Waals surface area contributed by atoms with E-state index in [9.17, 15) is 0 Å². The van der Waals surface area contributed by atoms with Gasteiger partial charge in [-0.15, -0.1) is 11.3 Å². The van der Waals surface area contributed by atoms with Crippen LogP contribution in [0.2, 0.25) is 0 Å². The predicted octanol–water partition coefficient (Wildman–Crippen LogP) is 5.12. The third kappa shape index (κ3) is 3.10. The minimum atomic E-state index is 0.507. The average Bonchev–Trinajstić information content (AvgIpc) is 2.86. The largest absolute Gasteiger partial charge is 0.310 e. The summed E-state index contributed by atoms with van der Waals surface area (Å²) in [6.07, 6.45) is 3.67. The van der Waals surface area contributed by atoms with Crippen LogP contribution in [-0.4, -0.2) is 6.54 Å². The molecular weight excluding hydrogens is 377 g/mol. The molecule has 106 valence electrons. The molecule has 2 atom stereocenters. The molecule has 0 saturated heterocycles. The highest BCUT2D eigenvalue weighted by Gasteiger charge is 2.28. The van der Waals surface area contributed by atoms with Crippen molar-refractivity contribution in [2.45, 2.75) is 38.1 Å². The molecule has 0 amide bonds. The Labute approximate surface area is 138 Å². The van der Waals surface area contributed by atoms with Gasteiger partial charge in [-0.25, -0.2) is 0 Å². The lowest BCUT2D eigenvalue weighted by Gasteiger charge is -2.33. The molecule has 1 aromatic carbocycles. The molecular formula is C17H20INS. The lowest BCUT2D eigenvalue weighted by molar-refractivity contribution is 0.429. The van der Waals surface area contributed by atoms with Crippen LogP contribution in [0.15, 0.2) is 35.7 Å². The smallest absolute Gasteiger partial charge is 0.0656 e. The second-order valence-electron chi connectivity index (χ2n) is 5.53. The normalized spacial score (nSPS) is 18.4. The van der Waals surface area contributed by atoms with Crippen LogP contribution in [0.5, 0.6) is 0 Å². The molecule has 0 spiro atoms. The highest BCUT2D eigenvalue weighted by Crippen LogP contribution is 2.41. The fourth-order valence-electron chi connectivity index (χ4n) is 3.02. The van der Waals surface area contributed by atoms with Crippen LogP contribution in [0.25, 0.3) is 0 Å². The van der Waals surface area contributed by atoms with Gasteiger partial charge in [-0.1, -0.05) is 31.2 Å². The van der Waals surface area contributed by atoms with E-state index in [-0.39, 0.29) is 0 Å². The molecule has 0 radical (unpaired) electrons. The molecule has 1 nitrogen and oxygen atoms in total. The fourth-order valence-corrected chi connectivity index (χ4v) is 4.45. The summed E-state index contributed by atoms with van der Waals surface area (Å²) in [6, 6.07) is 11.7. The predicted molar refractivity (Wildman–Crippen MR) is 95.6 cm³/mol. The van der Waals surface area contributed by atoms with Gasteiger partial charge in [0, 0.05) is 6.04 Å². The minimum Gasteiger partial charge on any atom is -0.310 e. The van der Waals surface area contributed by atoms with E-state index in [1.165, 1.54) is 27.7 Å². The van der Waals surface area contributed by atoms with Crippen LogP contribution < -0.4 is 5.32 Å². The highest BCUT2D eigenvalue weighted by molar-refractivity contribution is 14.1. The Morgan fingerprint density at radius 1 is 1.40 bits per heavy atom. The molecule has 3 heteroatoms. The maximum Gasteiger partial charge on any atom is 0.0656 e. The van der Waals surface area contributed by atoms with Gasteiger partial charge < -0.3 is 5.32 Å². The maximum absolute atomic E-state index is 3.73. The molecule has 1 N–H and O–H groups in total. The summed E-state index contributed by atoms with van der Waals surface area (Å²) in [7, 11) is 0. The van der Waals surface area contributed by atoms with Gasteiger partial charge in [-0.05, 0) is 82.5 Å². The summed E-state index contributed by atoms with van der Waals surface area (Å²) in [5.74, 6) is 0.734. The van der Waals surface area contributed by atoms with Crippen molar-refractivity contribution in [3.05, 3.63) is 55.3 Å². The molecule has 1 aliphatic rings. The molecule has 0 bridgehead atoms. The van der Waals surface area contributed by atoms with E-state index in [4.69, 9.17) is 0 Å². The molecule has 20 heavy (non-hydrogen) atoms. The number of nitrogens with one attached hydrogen (secondary N) is 1. The highest BCUT2D eigenvalue weighted by atomic mass is 127. The number of benzene rings is 1. The van der Waals surface area contributed by atoms with Crippen molar-refractivity contribution in [3.63, 3.8) is 0 Å². The Bertz CT molecular complexity index is 578. The lowest BCUT2D eigenvalue weighted by atomic mass is 9.74. The van der Waals surface area contributed by atoms with Crippen LogP contribution in [-0.2, 0) is 6.42 Å².